The Morgan fingerprint density at radius 2 is 0.596 bits per heavy atom. The van der Waals surface area contributed by atoms with Crippen molar-refractivity contribution in [3.63, 3.8) is 0 Å². The molecule has 12 atom stereocenters. The van der Waals surface area contributed by atoms with E-state index in [0.717, 1.165) is 50.5 Å². The summed E-state index contributed by atoms with van der Waals surface area (Å²) in [5, 5.41) is 33.0. The monoisotopic (exact) mass is 1590 g/mol. The van der Waals surface area contributed by atoms with Crippen LogP contribution in [0.4, 0.5) is 0 Å². The molecule has 21 heteroatoms. The lowest BCUT2D eigenvalue weighted by Gasteiger charge is -2.52. The Kier molecular flexibility index (Phi) is 28.2. The van der Waals surface area contributed by atoms with E-state index in [0.29, 0.717) is 49.4 Å². The van der Waals surface area contributed by atoms with Crippen molar-refractivity contribution in [2.45, 2.75) is 162 Å². The molecule has 3 aliphatic rings. The van der Waals surface area contributed by atoms with Crippen LogP contribution in [0.2, 0.25) is 30.1 Å². The molecule has 15 nitrogen and oxygen atoms in total. The first-order valence-corrected chi connectivity index (χ1v) is 38.5. The minimum atomic E-state index is -1.11. The number of carbonyl (C=O) groups excluding carboxylic acids is 3. The second kappa shape index (κ2) is 36.4. The third-order valence-electron chi connectivity index (χ3n) is 21.2. The van der Waals surface area contributed by atoms with Crippen molar-refractivity contribution in [3.05, 3.63) is 299 Å². The first kappa shape index (κ1) is 84.4. The molecule has 9 aromatic rings. The van der Waals surface area contributed by atoms with Gasteiger partial charge in [-0.1, -0.05) is 230 Å². The Bertz CT molecular complexity index is 4160. The van der Waals surface area contributed by atoms with Gasteiger partial charge < -0.3 is 30.0 Å². The highest BCUT2D eigenvalue weighted by atomic mass is 35.5. The van der Waals surface area contributed by atoms with Gasteiger partial charge in [-0.15, -0.1) is 0 Å². The number of aromatic nitrogens is 3. The molecule has 3 fully saturated rings. The smallest absolute Gasteiger partial charge is 0.304 e. The molecule has 3 aromatic heterocycles. The lowest BCUT2D eigenvalue weighted by atomic mass is 9.66. The second-order valence-corrected chi connectivity index (χ2v) is 33.1. The minimum Gasteiger partial charge on any atom is -0.481 e. The third kappa shape index (κ3) is 19.6. The molecule has 0 aliphatic carbocycles. The van der Waals surface area contributed by atoms with Crippen LogP contribution in [0.1, 0.15) is 213 Å². The molecule has 0 saturated carbocycles. The van der Waals surface area contributed by atoms with Crippen molar-refractivity contribution in [1.82, 2.24) is 29.7 Å². The number of benzene rings is 6. The predicted molar refractivity (Wildman–Crippen MR) is 433 cm³/mol. The van der Waals surface area contributed by atoms with E-state index in [9.17, 15) is 44.1 Å². The number of amides is 3. The molecule has 6 heterocycles. The standard InChI is InChI=1S/3C29H30Cl2N2O3.CH4/c3*1-18(2)26(24-9-4-5-14-32-24)33-27(19-10-12-21(30)13-11-19)23(20-7-6-8-22(31)15-20)16-29(3,28(33)36)17-25(34)35;/h3*4-15,18,23,26-27H,16-17H2,1-3H3,(H,34,35);1H4/t2*23-,26+,27-,29-;23-,26-,27-,29-;/m111./s1. The van der Waals surface area contributed by atoms with Crippen molar-refractivity contribution < 1.29 is 44.1 Å². The van der Waals surface area contributed by atoms with Crippen molar-refractivity contribution >= 4 is 105 Å². The molecular formula is C88H94Cl6N6O9. The Morgan fingerprint density at radius 1 is 0.358 bits per heavy atom. The summed E-state index contributed by atoms with van der Waals surface area (Å²) in [5.74, 6) is -4.10. The van der Waals surface area contributed by atoms with Crippen LogP contribution in [0.3, 0.4) is 0 Å². The Balaban J connectivity index is 0.000000188. The number of halogens is 6. The number of pyridine rings is 3. The summed E-state index contributed by atoms with van der Waals surface area (Å²) >= 11 is 37.9. The number of likely N-dealkylation sites (tertiary alicyclic amines) is 3. The SMILES string of the molecule is C.CC(C)[C@@H](c1ccccn1)N1C(=O)[C@@](C)(CC(=O)O)C[C@H](c2cccc(Cl)c2)[C@H]1c1ccc(Cl)cc1.CC(C)[C@@H](c1ccccn1)N1C(=O)[C@@](C)(CC(=O)O)C[C@H](c2cccc(Cl)c2)[C@H]1c1ccc(Cl)cc1.CC(C)[C@H](c1ccccn1)N1C(=O)[C@@](C)(CC(=O)O)C[C@H](c2cccc(Cl)c2)[C@H]1c1ccc(Cl)cc1. The second-order valence-electron chi connectivity index (χ2n) is 30.4. The first-order chi connectivity index (χ1) is 51.3. The maximum Gasteiger partial charge on any atom is 0.304 e. The van der Waals surface area contributed by atoms with Gasteiger partial charge in [-0.05, 0) is 180 Å². The van der Waals surface area contributed by atoms with Crippen LogP contribution in [0, 0.1) is 34.0 Å². The number of hydrogen-bond acceptors (Lipinski definition) is 9. The predicted octanol–water partition coefficient (Wildman–Crippen LogP) is 22.6. The summed E-state index contributed by atoms with van der Waals surface area (Å²) in [7, 11) is 0. The first-order valence-electron chi connectivity index (χ1n) is 36.2. The lowest BCUT2D eigenvalue weighted by Crippen LogP contribution is -2.54. The summed E-state index contributed by atoms with van der Waals surface area (Å²) in [4.78, 5) is 98.5. The van der Waals surface area contributed by atoms with E-state index in [4.69, 9.17) is 69.6 Å². The summed E-state index contributed by atoms with van der Waals surface area (Å²) in [6, 6.07) is 60.3. The number of aliphatic carboxylic acids is 3. The van der Waals surface area contributed by atoms with Gasteiger partial charge in [-0.2, -0.15) is 0 Å². The van der Waals surface area contributed by atoms with E-state index >= 15 is 0 Å². The zero-order valence-electron chi connectivity index (χ0n) is 61.7. The van der Waals surface area contributed by atoms with E-state index < -0.39 is 34.2 Å². The van der Waals surface area contributed by atoms with Crippen molar-refractivity contribution in [3.8, 4) is 0 Å². The van der Waals surface area contributed by atoms with Crippen LogP contribution in [0.5, 0.6) is 0 Å². The lowest BCUT2D eigenvalue weighted by molar-refractivity contribution is -0.162. The quantitative estimate of drug-likeness (QED) is 0.0613. The molecule has 3 aliphatic heterocycles. The molecule has 0 spiro atoms. The normalized spacial score (nSPS) is 22.8. The van der Waals surface area contributed by atoms with Gasteiger partial charge in [0.25, 0.3) is 0 Å². The number of carboxylic acids is 3. The topological polar surface area (TPSA) is 211 Å². The molecule has 6 aromatic carbocycles. The van der Waals surface area contributed by atoms with Crippen LogP contribution in [0.25, 0.3) is 0 Å². The number of rotatable bonds is 21. The van der Waals surface area contributed by atoms with Gasteiger partial charge >= 0.3 is 17.9 Å². The van der Waals surface area contributed by atoms with E-state index in [-0.39, 0.29) is 116 Å². The average Bonchev–Trinajstić information content (AvgIpc) is 0.745. The maximum atomic E-state index is 14.4. The number of piperidine rings is 3. The van der Waals surface area contributed by atoms with E-state index in [1.54, 1.807) is 39.4 Å². The fourth-order valence-electron chi connectivity index (χ4n) is 16.6. The Morgan fingerprint density at radius 3 is 0.789 bits per heavy atom. The van der Waals surface area contributed by atoms with Gasteiger partial charge in [0, 0.05) is 66.5 Å². The van der Waals surface area contributed by atoms with E-state index in [1.165, 1.54) is 0 Å². The van der Waals surface area contributed by atoms with Gasteiger partial charge in [0.1, 0.15) is 0 Å². The molecule has 3 saturated heterocycles. The molecule has 0 radical (unpaired) electrons. The fraction of sp³-hybridized carbons (Fsp3) is 0.352. The Labute approximate surface area is 670 Å². The van der Waals surface area contributed by atoms with Crippen LogP contribution >= 0.6 is 69.6 Å². The van der Waals surface area contributed by atoms with Gasteiger partial charge in [-0.3, -0.25) is 43.7 Å². The van der Waals surface area contributed by atoms with Crippen molar-refractivity contribution in [1.29, 1.82) is 0 Å². The van der Waals surface area contributed by atoms with Crippen LogP contribution in [-0.2, 0) is 28.8 Å². The maximum absolute atomic E-state index is 14.4. The highest BCUT2D eigenvalue weighted by Crippen LogP contribution is 2.58. The summed E-state index contributed by atoms with van der Waals surface area (Å²) in [6.07, 6.45) is 5.49. The Hall–Kier alpha value is -8.67. The molecular weight excluding hydrogens is 1500 g/mol. The van der Waals surface area contributed by atoms with E-state index in [2.05, 4.69) is 56.5 Å². The molecule has 572 valence electrons. The highest BCUT2D eigenvalue weighted by molar-refractivity contribution is 6.32. The van der Waals surface area contributed by atoms with Gasteiger partial charge in [0.15, 0.2) is 0 Å². The van der Waals surface area contributed by atoms with E-state index in [1.807, 2.05) is 215 Å². The van der Waals surface area contributed by atoms with Crippen molar-refractivity contribution in [2.24, 2.45) is 34.0 Å². The molecule has 0 bridgehead atoms. The summed E-state index contributed by atoms with van der Waals surface area (Å²) < 4.78 is 0. The fourth-order valence-corrected chi connectivity index (χ4v) is 17.6. The zero-order chi connectivity index (χ0) is 78.1. The highest BCUT2D eigenvalue weighted by Gasteiger charge is 2.57. The molecule has 3 amide bonds. The number of carboxylic acid groups (broad SMARTS) is 3. The van der Waals surface area contributed by atoms with Crippen LogP contribution < -0.4 is 0 Å². The van der Waals surface area contributed by atoms with Gasteiger partial charge in [-0.25, -0.2) is 0 Å². The average molecular weight is 1590 g/mol. The van der Waals surface area contributed by atoms with Gasteiger partial charge in [0.05, 0.1) is 88.8 Å². The number of carbonyl (C=O) groups is 6. The third-order valence-corrected chi connectivity index (χ3v) is 22.6. The molecule has 12 rings (SSSR count). The summed E-state index contributed by atoms with van der Waals surface area (Å²) in [6.45, 7) is 17.6. The van der Waals surface area contributed by atoms with Crippen molar-refractivity contribution in [2.75, 3.05) is 0 Å². The molecule has 0 unspecified atom stereocenters. The largest absolute Gasteiger partial charge is 0.481 e. The van der Waals surface area contributed by atoms with Gasteiger partial charge in [0.2, 0.25) is 17.7 Å². The minimum absolute atomic E-state index is 0. The number of hydrogen-bond donors (Lipinski definition) is 3. The molecule has 109 heavy (non-hydrogen) atoms. The van der Waals surface area contributed by atoms with Crippen LogP contribution in [0.15, 0.2) is 219 Å². The molecule has 3 N–H and O–H groups in total. The van der Waals surface area contributed by atoms with Crippen LogP contribution in [-0.4, -0.2) is 80.6 Å². The summed E-state index contributed by atoms with van der Waals surface area (Å²) in [5.41, 5.74) is 4.64. The zero-order valence-corrected chi connectivity index (χ0v) is 66.2. The number of nitrogens with zero attached hydrogens (tertiary/aromatic N) is 6.